The molecular formula is C6H10N2O. The number of hydrogen-bond donors (Lipinski definition) is 2. The van der Waals surface area contributed by atoms with E-state index in [0.29, 0.717) is 11.9 Å². The maximum atomic E-state index is 10.1. The monoisotopic (exact) mass is 126 g/mol. The first-order valence-electron chi connectivity index (χ1n) is 2.60. The van der Waals surface area contributed by atoms with Gasteiger partial charge in [0.25, 0.3) is 0 Å². The molecule has 0 aliphatic heterocycles. The van der Waals surface area contributed by atoms with E-state index >= 15 is 0 Å². The minimum absolute atomic E-state index is 0.387. The fourth-order valence-corrected chi connectivity index (χ4v) is 0.375. The van der Waals surface area contributed by atoms with Gasteiger partial charge in [0.15, 0.2) is 6.29 Å². The van der Waals surface area contributed by atoms with Crippen molar-refractivity contribution in [2.24, 2.45) is 0 Å². The highest BCUT2D eigenvalue weighted by molar-refractivity contribution is 6.01. The standard InChI is InChI=1S/C6H10N2O/c1-5(8-2)6(3-7)4-9/h3-4,7-8H,1-2H3/b6-5+,7-3?. The van der Waals surface area contributed by atoms with E-state index in [4.69, 9.17) is 5.41 Å². The van der Waals surface area contributed by atoms with E-state index < -0.39 is 0 Å². The molecule has 0 fully saturated rings. The number of aldehydes is 1. The lowest BCUT2D eigenvalue weighted by molar-refractivity contribution is -0.104. The van der Waals surface area contributed by atoms with Crippen molar-refractivity contribution in [3.63, 3.8) is 0 Å². The predicted octanol–water partition coefficient (Wildman–Crippen LogP) is 0.328. The second-order valence-electron chi connectivity index (χ2n) is 1.59. The van der Waals surface area contributed by atoms with Crippen molar-refractivity contribution in [2.45, 2.75) is 6.92 Å². The van der Waals surface area contributed by atoms with Crippen LogP contribution in [0.15, 0.2) is 11.3 Å². The van der Waals surface area contributed by atoms with Crippen molar-refractivity contribution < 1.29 is 4.79 Å². The first kappa shape index (κ1) is 7.88. The van der Waals surface area contributed by atoms with E-state index in [-0.39, 0.29) is 0 Å². The zero-order chi connectivity index (χ0) is 7.28. The summed E-state index contributed by atoms with van der Waals surface area (Å²) in [6, 6.07) is 0. The first-order valence-corrected chi connectivity index (χ1v) is 2.60. The van der Waals surface area contributed by atoms with Gasteiger partial charge in [-0.15, -0.1) is 0 Å². The van der Waals surface area contributed by atoms with Crippen LogP contribution in [-0.2, 0) is 4.79 Å². The smallest absolute Gasteiger partial charge is 0.153 e. The summed E-state index contributed by atoms with van der Waals surface area (Å²) < 4.78 is 0. The topological polar surface area (TPSA) is 53.0 Å². The van der Waals surface area contributed by atoms with Crippen LogP contribution in [-0.4, -0.2) is 19.5 Å². The van der Waals surface area contributed by atoms with Gasteiger partial charge in [-0.05, 0) is 6.92 Å². The van der Waals surface area contributed by atoms with Crippen LogP contribution in [0, 0.1) is 5.41 Å². The molecule has 9 heavy (non-hydrogen) atoms. The minimum Gasteiger partial charge on any atom is -0.391 e. The summed E-state index contributed by atoms with van der Waals surface area (Å²) in [5.41, 5.74) is 1.11. The summed E-state index contributed by atoms with van der Waals surface area (Å²) >= 11 is 0. The molecule has 0 aromatic rings. The van der Waals surface area contributed by atoms with Crippen LogP contribution >= 0.6 is 0 Å². The Labute approximate surface area is 54.3 Å². The van der Waals surface area contributed by atoms with Crippen LogP contribution in [0.2, 0.25) is 0 Å². The van der Waals surface area contributed by atoms with Crippen LogP contribution in [0.4, 0.5) is 0 Å². The minimum atomic E-state index is 0.387. The van der Waals surface area contributed by atoms with Gasteiger partial charge in [-0.25, -0.2) is 0 Å². The molecule has 3 nitrogen and oxygen atoms in total. The Morgan fingerprint density at radius 2 is 2.22 bits per heavy atom. The van der Waals surface area contributed by atoms with Gasteiger partial charge in [-0.3, -0.25) is 4.79 Å². The van der Waals surface area contributed by atoms with Crippen LogP contribution < -0.4 is 5.32 Å². The molecule has 3 heteroatoms. The molecular weight excluding hydrogens is 116 g/mol. The van der Waals surface area contributed by atoms with Gasteiger partial charge in [0, 0.05) is 19.0 Å². The Hall–Kier alpha value is -1.12. The third kappa shape index (κ3) is 2.08. The van der Waals surface area contributed by atoms with Crippen LogP contribution in [0.25, 0.3) is 0 Å². The molecule has 0 saturated carbocycles. The van der Waals surface area contributed by atoms with Crippen molar-refractivity contribution in [1.82, 2.24) is 5.32 Å². The zero-order valence-electron chi connectivity index (χ0n) is 5.56. The van der Waals surface area contributed by atoms with Gasteiger partial charge in [0.05, 0.1) is 5.57 Å². The van der Waals surface area contributed by atoms with Gasteiger partial charge in [-0.2, -0.15) is 0 Å². The molecule has 0 unspecified atom stereocenters. The van der Waals surface area contributed by atoms with Crippen LogP contribution in [0.1, 0.15) is 6.92 Å². The van der Waals surface area contributed by atoms with Gasteiger partial charge in [0.1, 0.15) is 0 Å². The number of carbonyl (C=O) groups is 1. The summed E-state index contributed by atoms with van der Waals surface area (Å²) in [4.78, 5) is 10.1. The molecule has 50 valence electrons. The van der Waals surface area contributed by atoms with Crippen LogP contribution in [0.5, 0.6) is 0 Å². The maximum Gasteiger partial charge on any atom is 0.153 e. The van der Waals surface area contributed by atoms with Gasteiger partial charge < -0.3 is 10.7 Å². The van der Waals surface area contributed by atoms with E-state index in [1.807, 2.05) is 0 Å². The first-order chi connectivity index (χ1) is 4.26. The molecule has 0 radical (unpaired) electrons. The highest BCUT2D eigenvalue weighted by Crippen LogP contribution is 1.91. The molecule has 0 aliphatic rings. The summed E-state index contributed by atoms with van der Waals surface area (Å²) in [7, 11) is 1.71. The average Bonchev–Trinajstić information content (AvgIpc) is 1.90. The molecule has 0 bridgehead atoms. The Morgan fingerprint density at radius 1 is 1.67 bits per heavy atom. The molecule has 0 saturated heterocycles. The van der Waals surface area contributed by atoms with Crippen molar-refractivity contribution >= 4 is 12.5 Å². The van der Waals surface area contributed by atoms with Crippen molar-refractivity contribution in [3.8, 4) is 0 Å². The second-order valence-corrected chi connectivity index (χ2v) is 1.59. The maximum absolute atomic E-state index is 10.1. The highest BCUT2D eigenvalue weighted by Gasteiger charge is 1.92. The van der Waals surface area contributed by atoms with E-state index in [1.54, 1.807) is 14.0 Å². The second kappa shape index (κ2) is 3.83. The molecule has 0 rings (SSSR count). The molecule has 0 atom stereocenters. The van der Waals surface area contributed by atoms with E-state index in [1.165, 1.54) is 0 Å². The van der Waals surface area contributed by atoms with Crippen LogP contribution in [0.3, 0.4) is 0 Å². The number of carbonyl (C=O) groups excluding carboxylic acids is 1. The molecule has 0 aromatic heterocycles. The number of nitrogens with one attached hydrogen (secondary N) is 2. The third-order valence-electron chi connectivity index (χ3n) is 1.09. The molecule has 0 heterocycles. The molecule has 0 spiro atoms. The van der Waals surface area contributed by atoms with E-state index in [2.05, 4.69) is 5.32 Å². The fraction of sp³-hybridized carbons (Fsp3) is 0.333. The lowest BCUT2D eigenvalue weighted by Gasteiger charge is -1.98. The van der Waals surface area contributed by atoms with Crippen molar-refractivity contribution in [1.29, 1.82) is 5.41 Å². The molecule has 0 aliphatic carbocycles. The molecule has 2 N–H and O–H groups in total. The summed E-state index contributed by atoms with van der Waals surface area (Å²) in [5.74, 6) is 0. The normalized spacial score (nSPS) is 11.8. The number of allylic oxidation sites excluding steroid dienone is 2. The Morgan fingerprint density at radius 3 is 2.33 bits per heavy atom. The number of rotatable bonds is 3. The third-order valence-corrected chi connectivity index (χ3v) is 1.09. The summed E-state index contributed by atoms with van der Waals surface area (Å²) in [6.07, 6.45) is 1.68. The lowest BCUT2D eigenvalue weighted by Crippen LogP contribution is -2.06. The Bertz CT molecular complexity index is 139. The molecule has 0 amide bonds. The van der Waals surface area contributed by atoms with Crippen molar-refractivity contribution in [2.75, 3.05) is 7.05 Å². The quantitative estimate of drug-likeness (QED) is 0.325. The van der Waals surface area contributed by atoms with Crippen molar-refractivity contribution in [3.05, 3.63) is 11.3 Å². The number of hydrogen-bond acceptors (Lipinski definition) is 3. The molecule has 0 aromatic carbocycles. The Balaban J connectivity index is 4.36. The highest BCUT2D eigenvalue weighted by atomic mass is 16.1. The summed E-state index contributed by atoms with van der Waals surface area (Å²) in [5, 5.41) is 9.50. The lowest BCUT2D eigenvalue weighted by atomic mass is 10.2. The summed E-state index contributed by atoms with van der Waals surface area (Å²) in [6.45, 7) is 1.74. The SMILES string of the molecule is CN/C(C)=C(\C=N)C=O. The Kier molecular flexibility index (Phi) is 3.35. The van der Waals surface area contributed by atoms with Gasteiger partial charge in [0.2, 0.25) is 0 Å². The fourth-order valence-electron chi connectivity index (χ4n) is 0.375. The van der Waals surface area contributed by atoms with E-state index in [0.717, 1.165) is 11.9 Å². The zero-order valence-corrected chi connectivity index (χ0v) is 5.56. The van der Waals surface area contributed by atoms with Gasteiger partial charge >= 0.3 is 0 Å². The largest absolute Gasteiger partial charge is 0.391 e. The predicted molar refractivity (Wildman–Crippen MR) is 36.6 cm³/mol. The average molecular weight is 126 g/mol. The van der Waals surface area contributed by atoms with Gasteiger partial charge in [-0.1, -0.05) is 0 Å². The van der Waals surface area contributed by atoms with E-state index in [9.17, 15) is 4.79 Å².